The summed E-state index contributed by atoms with van der Waals surface area (Å²) in [6.07, 6.45) is 43.8. The molecule has 55 heavy (non-hydrogen) atoms. The van der Waals surface area contributed by atoms with Gasteiger partial charge in [-0.2, -0.15) is 0 Å². The van der Waals surface area contributed by atoms with E-state index >= 15 is 0 Å². The number of unbranched alkanes of at least 4 members (excludes halogenated alkanes) is 31. The van der Waals surface area contributed by atoms with Gasteiger partial charge in [-0.15, -0.1) is 0 Å². The van der Waals surface area contributed by atoms with Gasteiger partial charge in [0.2, 0.25) is 0 Å². The van der Waals surface area contributed by atoms with Gasteiger partial charge in [0.1, 0.15) is 13.2 Å². The van der Waals surface area contributed by atoms with E-state index in [1.54, 1.807) is 0 Å². The van der Waals surface area contributed by atoms with E-state index < -0.39 is 6.10 Å². The molecule has 0 aliphatic carbocycles. The van der Waals surface area contributed by atoms with Gasteiger partial charge in [0, 0.05) is 19.3 Å². The summed E-state index contributed by atoms with van der Waals surface area (Å²) in [5.41, 5.74) is 0. The molecule has 0 spiro atoms. The third-order valence-corrected chi connectivity index (χ3v) is 11.0. The second-order valence-corrected chi connectivity index (χ2v) is 17.2. The van der Waals surface area contributed by atoms with E-state index in [9.17, 15) is 14.4 Å². The second-order valence-electron chi connectivity index (χ2n) is 17.2. The van der Waals surface area contributed by atoms with Crippen LogP contribution in [0.1, 0.15) is 272 Å². The lowest BCUT2D eigenvalue weighted by molar-refractivity contribution is -0.167. The zero-order valence-corrected chi connectivity index (χ0v) is 37.4. The summed E-state index contributed by atoms with van der Waals surface area (Å²) >= 11 is 0. The second kappa shape index (κ2) is 43.5. The van der Waals surface area contributed by atoms with Crippen LogP contribution in [-0.2, 0) is 28.6 Å². The Morgan fingerprint density at radius 3 is 0.891 bits per heavy atom. The van der Waals surface area contributed by atoms with E-state index in [-0.39, 0.29) is 31.1 Å². The van der Waals surface area contributed by atoms with E-state index in [0.29, 0.717) is 19.3 Å². The summed E-state index contributed by atoms with van der Waals surface area (Å²) in [6, 6.07) is 0. The van der Waals surface area contributed by atoms with Crippen molar-refractivity contribution < 1.29 is 28.6 Å². The summed E-state index contributed by atoms with van der Waals surface area (Å²) in [5, 5.41) is 0. The quantitative estimate of drug-likeness (QED) is 0.0348. The van der Waals surface area contributed by atoms with Crippen LogP contribution in [0.5, 0.6) is 0 Å². The molecule has 0 aromatic carbocycles. The van der Waals surface area contributed by atoms with Crippen molar-refractivity contribution in [2.45, 2.75) is 278 Å². The molecule has 6 nitrogen and oxygen atoms in total. The number of carbonyl (C=O) groups is 3. The van der Waals surface area contributed by atoms with Crippen LogP contribution in [-0.4, -0.2) is 37.2 Å². The van der Waals surface area contributed by atoms with Crippen LogP contribution in [0.2, 0.25) is 0 Å². The Morgan fingerprint density at radius 2 is 0.600 bits per heavy atom. The van der Waals surface area contributed by atoms with Gasteiger partial charge in [-0.25, -0.2) is 0 Å². The fraction of sp³-hybridized carbons (Fsp3) is 0.939. The summed E-state index contributed by atoms with van der Waals surface area (Å²) in [6.45, 7) is 8.97. The molecule has 0 aliphatic rings. The normalized spacial score (nSPS) is 11.9. The molecular weight excluding hydrogens is 685 g/mol. The van der Waals surface area contributed by atoms with E-state index in [2.05, 4.69) is 27.7 Å². The van der Waals surface area contributed by atoms with Gasteiger partial charge in [0.25, 0.3) is 0 Å². The summed E-state index contributed by atoms with van der Waals surface area (Å²) in [5.74, 6) is -0.0291. The maximum absolute atomic E-state index is 12.6. The van der Waals surface area contributed by atoms with E-state index in [1.807, 2.05) is 0 Å². The molecule has 0 saturated carbocycles. The highest BCUT2D eigenvalue weighted by Gasteiger charge is 2.19. The van der Waals surface area contributed by atoms with Crippen LogP contribution >= 0.6 is 0 Å². The summed E-state index contributed by atoms with van der Waals surface area (Å²) < 4.78 is 16.7. The molecule has 0 bridgehead atoms. The first-order valence-electron chi connectivity index (χ1n) is 24.4. The number of esters is 3. The molecule has 0 amide bonds. The van der Waals surface area contributed by atoms with Crippen molar-refractivity contribution in [1.29, 1.82) is 0 Å². The monoisotopic (exact) mass is 779 g/mol. The van der Waals surface area contributed by atoms with Gasteiger partial charge in [0.05, 0.1) is 0 Å². The number of carbonyl (C=O) groups excluding carboxylic acids is 3. The maximum atomic E-state index is 12.6. The van der Waals surface area contributed by atoms with Crippen molar-refractivity contribution in [2.24, 2.45) is 5.92 Å². The predicted octanol–water partition coefficient (Wildman–Crippen LogP) is 15.5. The molecule has 0 rings (SSSR count). The lowest BCUT2D eigenvalue weighted by atomic mass is 10.0. The number of hydrogen-bond acceptors (Lipinski definition) is 6. The average molecular weight is 779 g/mol. The van der Waals surface area contributed by atoms with Crippen molar-refractivity contribution in [3.63, 3.8) is 0 Å². The van der Waals surface area contributed by atoms with Crippen LogP contribution in [0, 0.1) is 5.92 Å². The standard InChI is InChI=1S/C49H94O6/c1-5-7-9-11-13-14-15-16-17-18-19-22-25-29-32-36-40-47(50)53-43-46(55-49(52)42-38-34-27-12-10-8-6-2)44-54-48(51)41-37-33-30-26-23-20-21-24-28-31-35-39-45(3)4/h45-46H,5-44H2,1-4H3/t46-/m1/s1. The van der Waals surface area contributed by atoms with Crippen molar-refractivity contribution in [2.75, 3.05) is 13.2 Å². The van der Waals surface area contributed by atoms with Crippen molar-refractivity contribution >= 4 is 17.9 Å². The van der Waals surface area contributed by atoms with Gasteiger partial charge in [-0.05, 0) is 25.2 Å². The molecule has 0 saturated heterocycles. The molecule has 0 aromatic rings. The van der Waals surface area contributed by atoms with Crippen LogP contribution in [0.15, 0.2) is 0 Å². The average Bonchev–Trinajstić information content (AvgIpc) is 3.17. The zero-order chi connectivity index (χ0) is 40.3. The molecule has 0 radical (unpaired) electrons. The van der Waals surface area contributed by atoms with Gasteiger partial charge in [0.15, 0.2) is 6.10 Å². The smallest absolute Gasteiger partial charge is 0.306 e. The molecule has 0 aliphatic heterocycles. The maximum Gasteiger partial charge on any atom is 0.306 e. The Morgan fingerprint density at radius 1 is 0.345 bits per heavy atom. The Labute approximate surface area is 342 Å². The topological polar surface area (TPSA) is 78.9 Å². The van der Waals surface area contributed by atoms with Crippen LogP contribution in [0.3, 0.4) is 0 Å². The SMILES string of the molecule is CCCCCCCCCCCCCCCCCCC(=O)OC[C@H](COC(=O)CCCCCCCCCCCCCC(C)C)OC(=O)CCCCCCCCC. The van der Waals surface area contributed by atoms with E-state index in [0.717, 1.165) is 63.7 Å². The Balaban J connectivity index is 4.19. The third kappa shape index (κ3) is 43.4. The Kier molecular flexibility index (Phi) is 42.3. The molecular formula is C49H94O6. The fourth-order valence-corrected chi connectivity index (χ4v) is 7.33. The van der Waals surface area contributed by atoms with Gasteiger partial charge in [-0.1, -0.05) is 233 Å². The van der Waals surface area contributed by atoms with Crippen molar-refractivity contribution in [1.82, 2.24) is 0 Å². The molecule has 0 fully saturated rings. The van der Waals surface area contributed by atoms with Crippen molar-refractivity contribution in [3.05, 3.63) is 0 Å². The number of hydrogen-bond donors (Lipinski definition) is 0. The first-order chi connectivity index (χ1) is 26.9. The molecule has 0 N–H and O–H groups in total. The third-order valence-electron chi connectivity index (χ3n) is 11.0. The molecule has 0 heterocycles. The Bertz CT molecular complexity index is 826. The highest BCUT2D eigenvalue weighted by molar-refractivity contribution is 5.71. The van der Waals surface area contributed by atoms with Gasteiger partial charge >= 0.3 is 17.9 Å². The Hall–Kier alpha value is -1.59. The first-order valence-corrected chi connectivity index (χ1v) is 24.4. The molecule has 1 atom stereocenters. The minimum absolute atomic E-state index is 0.0638. The molecule has 326 valence electrons. The largest absolute Gasteiger partial charge is 0.462 e. The fourth-order valence-electron chi connectivity index (χ4n) is 7.33. The van der Waals surface area contributed by atoms with Crippen LogP contribution < -0.4 is 0 Å². The van der Waals surface area contributed by atoms with E-state index in [4.69, 9.17) is 14.2 Å². The number of rotatable bonds is 44. The van der Waals surface area contributed by atoms with Gasteiger partial charge in [-0.3, -0.25) is 14.4 Å². The summed E-state index contributed by atoms with van der Waals surface area (Å²) in [7, 11) is 0. The minimum atomic E-state index is -0.758. The highest BCUT2D eigenvalue weighted by atomic mass is 16.6. The van der Waals surface area contributed by atoms with Crippen LogP contribution in [0.4, 0.5) is 0 Å². The van der Waals surface area contributed by atoms with E-state index in [1.165, 1.54) is 167 Å². The molecule has 6 heteroatoms. The predicted molar refractivity (Wildman–Crippen MR) is 233 cm³/mol. The lowest BCUT2D eigenvalue weighted by Crippen LogP contribution is -2.30. The lowest BCUT2D eigenvalue weighted by Gasteiger charge is -2.18. The summed E-state index contributed by atoms with van der Waals surface area (Å²) in [4.78, 5) is 37.7. The molecule has 0 unspecified atom stereocenters. The van der Waals surface area contributed by atoms with Gasteiger partial charge < -0.3 is 14.2 Å². The molecule has 0 aromatic heterocycles. The first kappa shape index (κ1) is 53.4. The van der Waals surface area contributed by atoms with Crippen molar-refractivity contribution in [3.8, 4) is 0 Å². The van der Waals surface area contributed by atoms with Crippen LogP contribution in [0.25, 0.3) is 0 Å². The minimum Gasteiger partial charge on any atom is -0.462 e. The number of ether oxygens (including phenoxy) is 3. The zero-order valence-electron chi connectivity index (χ0n) is 37.4. The highest BCUT2D eigenvalue weighted by Crippen LogP contribution is 2.17.